The van der Waals surface area contributed by atoms with Crippen LogP contribution >= 0.6 is 0 Å². The maximum Gasteiger partial charge on any atom is 0.395 e. The van der Waals surface area contributed by atoms with Gasteiger partial charge in [0.05, 0.1) is 5.41 Å². The Morgan fingerprint density at radius 3 is 1.67 bits per heavy atom. The van der Waals surface area contributed by atoms with Crippen molar-refractivity contribution in [1.82, 2.24) is 0 Å². The van der Waals surface area contributed by atoms with Gasteiger partial charge in [-0.05, 0) is 18.3 Å². The lowest BCUT2D eigenvalue weighted by molar-refractivity contribution is -0.261. The Morgan fingerprint density at radius 1 is 1.00 bits per heavy atom. The second-order valence-electron chi connectivity index (χ2n) is 4.75. The van der Waals surface area contributed by atoms with Gasteiger partial charge in [-0.3, -0.25) is 0 Å². The molecule has 0 aromatic heterocycles. The summed E-state index contributed by atoms with van der Waals surface area (Å²) in [6.45, 7) is 8.77. The van der Waals surface area contributed by atoms with E-state index in [1.165, 1.54) is 0 Å². The molecule has 0 radical (unpaired) electrons. The van der Waals surface area contributed by atoms with Crippen LogP contribution in [0, 0.1) is 17.3 Å². The summed E-state index contributed by atoms with van der Waals surface area (Å²) in [6.07, 6.45) is -2.69. The summed E-state index contributed by atoms with van der Waals surface area (Å²) >= 11 is 0. The minimum absolute atomic E-state index is 0.239. The van der Waals surface area contributed by atoms with E-state index >= 15 is 0 Å². The van der Waals surface area contributed by atoms with Crippen molar-refractivity contribution >= 4 is 0 Å². The quantitative estimate of drug-likeness (QED) is 0.614. The van der Waals surface area contributed by atoms with Gasteiger partial charge in [0.1, 0.15) is 0 Å². The van der Waals surface area contributed by atoms with Crippen molar-refractivity contribution in [3.05, 3.63) is 0 Å². The Balaban J connectivity index is 5.27. The highest BCUT2D eigenvalue weighted by Gasteiger charge is 2.58. The van der Waals surface area contributed by atoms with E-state index in [9.17, 15) is 13.2 Å². The van der Waals surface area contributed by atoms with Gasteiger partial charge in [0.25, 0.3) is 0 Å². The molecule has 3 heteroatoms. The molecule has 0 saturated heterocycles. The van der Waals surface area contributed by atoms with Gasteiger partial charge in [0.15, 0.2) is 0 Å². The maximum absolute atomic E-state index is 13.3. The topological polar surface area (TPSA) is 0 Å². The molecule has 0 aromatic rings. The highest BCUT2D eigenvalue weighted by atomic mass is 19.4. The third kappa shape index (κ3) is 2.67. The zero-order chi connectivity index (χ0) is 12.3. The zero-order valence-electron chi connectivity index (χ0n) is 10.4. The first kappa shape index (κ1) is 14.8. The monoisotopic (exact) mass is 224 g/mol. The van der Waals surface area contributed by atoms with Crippen LogP contribution in [0.4, 0.5) is 13.2 Å². The Bertz CT molecular complexity index is 184. The van der Waals surface area contributed by atoms with Gasteiger partial charge in [0, 0.05) is 0 Å². The van der Waals surface area contributed by atoms with Gasteiger partial charge in [0.2, 0.25) is 0 Å². The largest absolute Gasteiger partial charge is 0.395 e. The molecule has 0 spiro atoms. The van der Waals surface area contributed by atoms with E-state index < -0.39 is 11.6 Å². The van der Waals surface area contributed by atoms with Crippen LogP contribution in [0.25, 0.3) is 0 Å². The Morgan fingerprint density at radius 2 is 1.47 bits per heavy atom. The normalized spacial score (nSPS) is 19.0. The Hall–Kier alpha value is -0.210. The second kappa shape index (κ2) is 5.22. The van der Waals surface area contributed by atoms with Crippen LogP contribution in [0.1, 0.15) is 53.9 Å². The van der Waals surface area contributed by atoms with Crippen molar-refractivity contribution in [3.8, 4) is 0 Å². The molecule has 0 saturated carbocycles. The van der Waals surface area contributed by atoms with Crippen molar-refractivity contribution in [3.63, 3.8) is 0 Å². The SMILES string of the molecule is CCCC(C(C)C)(C(C)CC)C(F)(F)F. The zero-order valence-corrected chi connectivity index (χ0v) is 10.4. The lowest BCUT2D eigenvalue weighted by Crippen LogP contribution is -2.47. The Labute approximate surface area is 91.3 Å². The van der Waals surface area contributed by atoms with E-state index in [1.54, 1.807) is 20.8 Å². The maximum atomic E-state index is 13.3. The van der Waals surface area contributed by atoms with Crippen LogP contribution in [0.15, 0.2) is 0 Å². The van der Waals surface area contributed by atoms with E-state index in [0.29, 0.717) is 12.8 Å². The third-order valence-electron chi connectivity index (χ3n) is 3.71. The van der Waals surface area contributed by atoms with Crippen LogP contribution in [0.3, 0.4) is 0 Å². The molecule has 0 N–H and O–H groups in total. The van der Waals surface area contributed by atoms with Crippen molar-refractivity contribution < 1.29 is 13.2 Å². The molecule has 0 aromatic carbocycles. The van der Waals surface area contributed by atoms with Gasteiger partial charge in [-0.25, -0.2) is 0 Å². The Kier molecular flexibility index (Phi) is 5.15. The van der Waals surface area contributed by atoms with Gasteiger partial charge in [-0.2, -0.15) is 13.2 Å². The fourth-order valence-corrected chi connectivity index (χ4v) is 2.63. The summed E-state index contributed by atoms with van der Waals surface area (Å²) < 4.78 is 39.8. The standard InChI is InChI=1S/C12H23F3/c1-6-8-11(9(3)4,10(5)7-2)12(13,14)15/h9-10H,6-8H2,1-5H3. The van der Waals surface area contributed by atoms with Crippen LogP contribution in [0.2, 0.25) is 0 Å². The summed E-state index contributed by atoms with van der Waals surface area (Å²) in [5.41, 5.74) is -1.50. The highest BCUT2D eigenvalue weighted by Crippen LogP contribution is 2.53. The number of hydrogen-bond acceptors (Lipinski definition) is 0. The van der Waals surface area contributed by atoms with Crippen molar-refractivity contribution in [2.45, 2.75) is 60.1 Å². The van der Waals surface area contributed by atoms with E-state index in [0.717, 1.165) is 0 Å². The van der Waals surface area contributed by atoms with Crippen molar-refractivity contribution in [1.29, 1.82) is 0 Å². The van der Waals surface area contributed by atoms with E-state index in [-0.39, 0.29) is 18.3 Å². The molecule has 0 fully saturated rings. The van der Waals surface area contributed by atoms with Crippen LogP contribution in [-0.2, 0) is 0 Å². The van der Waals surface area contributed by atoms with Crippen molar-refractivity contribution in [2.24, 2.45) is 17.3 Å². The molecule has 0 aliphatic carbocycles. The highest BCUT2D eigenvalue weighted by molar-refractivity contribution is 4.92. The van der Waals surface area contributed by atoms with Crippen LogP contribution in [-0.4, -0.2) is 6.18 Å². The van der Waals surface area contributed by atoms with E-state index in [1.807, 2.05) is 13.8 Å². The predicted octanol–water partition coefficient (Wildman–Crippen LogP) is 5.04. The molecule has 15 heavy (non-hydrogen) atoms. The van der Waals surface area contributed by atoms with Gasteiger partial charge in [-0.1, -0.05) is 47.5 Å². The number of halogens is 3. The molecule has 0 amide bonds. The van der Waals surface area contributed by atoms with Gasteiger partial charge in [-0.15, -0.1) is 0 Å². The average Bonchev–Trinajstić information content (AvgIpc) is 2.10. The average molecular weight is 224 g/mol. The lowest BCUT2D eigenvalue weighted by Gasteiger charge is -2.44. The molecule has 0 bridgehead atoms. The molecule has 0 nitrogen and oxygen atoms in total. The molecule has 0 aliphatic heterocycles. The minimum atomic E-state index is -4.09. The van der Waals surface area contributed by atoms with Crippen LogP contribution in [0.5, 0.6) is 0 Å². The van der Waals surface area contributed by atoms with E-state index in [2.05, 4.69) is 0 Å². The lowest BCUT2D eigenvalue weighted by atomic mass is 9.64. The summed E-state index contributed by atoms with van der Waals surface area (Å²) in [5, 5.41) is 0. The first-order valence-corrected chi connectivity index (χ1v) is 5.80. The summed E-state index contributed by atoms with van der Waals surface area (Å²) in [5.74, 6) is -0.662. The van der Waals surface area contributed by atoms with Crippen molar-refractivity contribution in [2.75, 3.05) is 0 Å². The summed E-state index contributed by atoms with van der Waals surface area (Å²) in [4.78, 5) is 0. The first-order chi connectivity index (χ1) is 6.74. The molecule has 92 valence electrons. The molecular formula is C12H23F3. The van der Waals surface area contributed by atoms with Gasteiger partial charge < -0.3 is 0 Å². The molecule has 2 unspecified atom stereocenters. The molecule has 0 aliphatic rings. The summed E-state index contributed by atoms with van der Waals surface area (Å²) in [6, 6.07) is 0. The predicted molar refractivity (Wildman–Crippen MR) is 57.7 cm³/mol. The smallest absolute Gasteiger partial charge is 0.170 e. The van der Waals surface area contributed by atoms with Gasteiger partial charge >= 0.3 is 6.18 Å². The summed E-state index contributed by atoms with van der Waals surface area (Å²) in [7, 11) is 0. The van der Waals surface area contributed by atoms with Crippen LogP contribution < -0.4 is 0 Å². The molecular weight excluding hydrogens is 201 g/mol. The fourth-order valence-electron chi connectivity index (χ4n) is 2.63. The molecule has 0 rings (SSSR count). The van der Waals surface area contributed by atoms with E-state index in [4.69, 9.17) is 0 Å². The third-order valence-corrected chi connectivity index (χ3v) is 3.71. The second-order valence-corrected chi connectivity index (χ2v) is 4.75. The minimum Gasteiger partial charge on any atom is -0.170 e. The fraction of sp³-hybridized carbons (Fsp3) is 1.00. The molecule has 0 heterocycles. The first-order valence-electron chi connectivity index (χ1n) is 5.80. The molecule has 2 atom stereocenters. The number of hydrogen-bond donors (Lipinski definition) is 0. The number of alkyl halides is 3. The number of rotatable bonds is 5.